The van der Waals surface area contributed by atoms with Gasteiger partial charge in [0.15, 0.2) is 0 Å². The molecule has 1 aromatic carbocycles. The Morgan fingerprint density at radius 2 is 1.91 bits per heavy atom. The summed E-state index contributed by atoms with van der Waals surface area (Å²) in [6.07, 6.45) is 1.67. The van der Waals surface area contributed by atoms with Gasteiger partial charge in [-0.3, -0.25) is 0 Å². The fourth-order valence-electron chi connectivity index (χ4n) is 2.26. The Hall–Kier alpha value is -2.62. The van der Waals surface area contributed by atoms with Gasteiger partial charge < -0.3 is 9.84 Å². The maximum absolute atomic E-state index is 11.5. The molecule has 0 fully saturated rings. The van der Waals surface area contributed by atoms with Crippen molar-refractivity contribution in [3.05, 3.63) is 64.9 Å². The summed E-state index contributed by atoms with van der Waals surface area (Å²) in [6, 6.07) is 11.2. The molecule has 0 unspecified atom stereocenters. The molecule has 0 bridgehead atoms. The maximum atomic E-state index is 11.5. The lowest BCUT2D eigenvalue weighted by Crippen LogP contribution is -2.07. The number of pyridine rings is 1. The Kier molecular flexibility index (Phi) is 4.94. The van der Waals surface area contributed by atoms with Crippen LogP contribution >= 0.6 is 0 Å². The number of aryl methyl sites for hydroxylation is 1. The number of carbonyl (C=O) groups is 1. The average molecular weight is 297 g/mol. The van der Waals surface area contributed by atoms with Crippen molar-refractivity contribution in [3.63, 3.8) is 0 Å². The third-order valence-electron chi connectivity index (χ3n) is 3.33. The van der Waals surface area contributed by atoms with Crippen LogP contribution in [0, 0.1) is 6.92 Å². The predicted molar refractivity (Wildman–Crippen MR) is 85.7 cm³/mol. The van der Waals surface area contributed by atoms with Crippen LogP contribution in [-0.2, 0) is 11.4 Å². The van der Waals surface area contributed by atoms with Crippen molar-refractivity contribution in [1.82, 2.24) is 4.98 Å². The minimum atomic E-state index is -0.929. The standard InChI is InChI=1S/C18H19NO3/c1-12(2)16(18(20)21)15-9-5-4-8-14(15)11-22-17-13(3)7-6-10-19-17/h4-10H,11H2,1-3H3,(H,20,21). The van der Waals surface area contributed by atoms with Gasteiger partial charge in [0, 0.05) is 11.8 Å². The van der Waals surface area contributed by atoms with E-state index in [2.05, 4.69) is 4.98 Å². The van der Waals surface area contributed by atoms with Crippen LogP contribution in [0.4, 0.5) is 0 Å². The highest BCUT2D eigenvalue weighted by Gasteiger charge is 2.16. The molecule has 0 saturated heterocycles. The first-order chi connectivity index (χ1) is 10.5. The lowest BCUT2D eigenvalue weighted by molar-refractivity contribution is -0.130. The van der Waals surface area contributed by atoms with Gasteiger partial charge in [0.1, 0.15) is 6.61 Å². The van der Waals surface area contributed by atoms with Gasteiger partial charge in [-0.25, -0.2) is 9.78 Å². The van der Waals surface area contributed by atoms with Crippen LogP contribution in [0.5, 0.6) is 5.88 Å². The van der Waals surface area contributed by atoms with Gasteiger partial charge in [-0.15, -0.1) is 0 Å². The largest absolute Gasteiger partial charge is 0.478 e. The van der Waals surface area contributed by atoms with Crippen LogP contribution in [0.1, 0.15) is 30.5 Å². The van der Waals surface area contributed by atoms with E-state index in [1.807, 2.05) is 37.3 Å². The molecule has 0 radical (unpaired) electrons. The lowest BCUT2D eigenvalue weighted by Gasteiger charge is -2.13. The van der Waals surface area contributed by atoms with Crippen molar-refractivity contribution in [2.24, 2.45) is 0 Å². The third-order valence-corrected chi connectivity index (χ3v) is 3.33. The molecule has 0 atom stereocenters. The van der Waals surface area contributed by atoms with E-state index >= 15 is 0 Å². The summed E-state index contributed by atoms with van der Waals surface area (Å²) < 4.78 is 5.75. The topological polar surface area (TPSA) is 59.4 Å². The van der Waals surface area contributed by atoms with Crippen LogP contribution in [0.15, 0.2) is 48.2 Å². The maximum Gasteiger partial charge on any atom is 0.336 e. The molecule has 1 N–H and O–H groups in total. The van der Waals surface area contributed by atoms with Crippen molar-refractivity contribution in [2.75, 3.05) is 0 Å². The molecule has 1 aromatic heterocycles. The minimum Gasteiger partial charge on any atom is -0.478 e. The molecule has 2 aromatic rings. The molecule has 4 nitrogen and oxygen atoms in total. The van der Waals surface area contributed by atoms with Gasteiger partial charge >= 0.3 is 5.97 Å². The minimum absolute atomic E-state index is 0.276. The van der Waals surface area contributed by atoms with Crippen LogP contribution in [0.25, 0.3) is 5.57 Å². The summed E-state index contributed by atoms with van der Waals surface area (Å²) in [5, 5.41) is 9.44. The zero-order valence-corrected chi connectivity index (χ0v) is 13.0. The number of hydrogen-bond acceptors (Lipinski definition) is 3. The van der Waals surface area contributed by atoms with Crippen molar-refractivity contribution < 1.29 is 14.6 Å². The molecular formula is C18H19NO3. The Bertz CT molecular complexity index is 716. The molecule has 4 heteroatoms. The summed E-state index contributed by atoms with van der Waals surface area (Å²) in [5.74, 6) is -0.368. The number of allylic oxidation sites excluding steroid dienone is 1. The van der Waals surface area contributed by atoms with Crippen LogP contribution < -0.4 is 4.74 Å². The van der Waals surface area contributed by atoms with Gasteiger partial charge in [-0.05, 0) is 38.0 Å². The zero-order valence-electron chi connectivity index (χ0n) is 13.0. The number of benzene rings is 1. The first-order valence-electron chi connectivity index (χ1n) is 7.04. The van der Waals surface area contributed by atoms with Crippen molar-refractivity contribution >= 4 is 11.5 Å². The van der Waals surface area contributed by atoms with E-state index in [-0.39, 0.29) is 6.61 Å². The smallest absolute Gasteiger partial charge is 0.336 e. The Balaban J connectivity index is 2.32. The van der Waals surface area contributed by atoms with E-state index in [1.165, 1.54) is 0 Å². The van der Waals surface area contributed by atoms with E-state index in [0.29, 0.717) is 17.0 Å². The number of ether oxygens (including phenoxy) is 1. The highest BCUT2D eigenvalue weighted by molar-refractivity contribution is 6.16. The normalized spacial score (nSPS) is 10.1. The summed E-state index contributed by atoms with van der Waals surface area (Å²) in [4.78, 5) is 15.7. The molecule has 114 valence electrons. The first-order valence-corrected chi connectivity index (χ1v) is 7.04. The average Bonchev–Trinajstić information content (AvgIpc) is 2.47. The second-order valence-corrected chi connectivity index (χ2v) is 5.25. The highest BCUT2D eigenvalue weighted by Crippen LogP contribution is 2.24. The monoisotopic (exact) mass is 297 g/mol. The number of nitrogens with zero attached hydrogens (tertiary/aromatic N) is 1. The van der Waals surface area contributed by atoms with Crippen molar-refractivity contribution in [2.45, 2.75) is 27.4 Å². The van der Waals surface area contributed by atoms with E-state index in [1.54, 1.807) is 26.1 Å². The number of aliphatic carboxylic acids is 1. The SMILES string of the molecule is CC(C)=C(C(=O)O)c1ccccc1COc1ncccc1C. The van der Waals surface area contributed by atoms with Crippen LogP contribution in [0.3, 0.4) is 0 Å². The number of hydrogen-bond donors (Lipinski definition) is 1. The molecule has 2 rings (SSSR count). The molecule has 1 heterocycles. The fourth-order valence-corrected chi connectivity index (χ4v) is 2.26. The molecule has 0 saturated carbocycles. The van der Waals surface area contributed by atoms with E-state index in [4.69, 9.17) is 4.74 Å². The summed E-state index contributed by atoms with van der Waals surface area (Å²) >= 11 is 0. The van der Waals surface area contributed by atoms with Gasteiger partial charge in [0.25, 0.3) is 0 Å². The van der Waals surface area contributed by atoms with Gasteiger partial charge in [0.2, 0.25) is 5.88 Å². The molecule has 0 spiro atoms. The lowest BCUT2D eigenvalue weighted by atomic mass is 9.97. The van der Waals surface area contributed by atoms with E-state index in [9.17, 15) is 9.90 Å². The van der Waals surface area contributed by atoms with E-state index in [0.717, 1.165) is 16.7 Å². The van der Waals surface area contributed by atoms with Gasteiger partial charge in [-0.2, -0.15) is 0 Å². The molecular weight excluding hydrogens is 278 g/mol. The molecule has 0 aliphatic carbocycles. The molecule has 0 aliphatic heterocycles. The number of carboxylic acids is 1. The number of carboxylic acid groups (broad SMARTS) is 1. The third kappa shape index (κ3) is 3.52. The predicted octanol–water partition coefficient (Wildman–Crippen LogP) is 3.85. The van der Waals surface area contributed by atoms with Crippen LogP contribution in [-0.4, -0.2) is 16.1 Å². The van der Waals surface area contributed by atoms with Gasteiger partial charge in [-0.1, -0.05) is 35.9 Å². The highest BCUT2D eigenvalue weighted by atomic mass is 16.5. The molecule has 0 aliphatic rings. The van der Waals surface area contributed by atoms with Crippen molar-refractivity contribution in [1.29, 1.82) is 0 Å². The Morgan fingerprint density at radius 1 is 1.18 bits per heavy atom. The summed E-state index contributed by atoms with van der Waals surface area (Å²) in [5.41, 5.74) is 3.53. The second kappa shape index (κ2) is 6.89. The quantitative estimate of drug-likeness (QED) is 0.852. The molecule has 22 heavy (non-hydrogen) atoms. The summed E-state index contributed by atoms with van der Waals surface area (Å²) in [6.45, 7) is 5.79. The first kappa shape index (κ1) is 15.8. The zero-order chi connectivity index (χ0) is 16.1. The van der Waals surface area contributed by atoms with Crippen molar-refractivity contribution in [3.8, 4) is 5.88 Å². The number of aromatic nitrogens is 1. The fraction of sp³-hybridized carbons (Fsp3) is 0.222. The Morgan fingerprint density at radius 3 is 2.55 bits per heavy atom. The van der Waals surface area contributed by atoms with E-state index < -0.39 is 5.97 Å². The molecule has 0 amide bonds. The van der Waals surface area contributed by atoms with Crippen LogP contribution in [0.2, 0.25) is 0 Å². The van der Waals surface area contributed by atoms with Gasteiger partial charge in [0.05, 0.1) is 5.57 Å². The Labute approximate surface area is 130 Å². The number of rotatable bonds is 5. The second-order valence-electron chi connectivity index (χ2n) is 5.25. The summed E-state index contributed by atoms with van der Waals surface area (Å²) in [7, 11) is 0.